The van der Waals surface area contributed by atoms with Gasteiger partial charge in [0.15, 0.2) is 0 Å². The van der Waals surface area contributed by atoms with E-state index in [2.05, 4.69) is 36.1 Å². The van der Waals surface area contributed by atoms with Crippen LogP contribution in [0.15, 0.2) is 101 Å². The molecule has 0 atom stereocenters. The molecule has 0 aliphatic carbocycles. The van der Waals surface area contributed by atoms with Crippen molar-refractivity contribution in [3.05, 3.63) is 107 Å². The van der Waals surface area contributed by atoms with E-state index in [1.54, 1.807) is 24.3 Å². The van der Waals surface area contributed by atoms with Gasteiger partial charge in [0.05, 0.1) is 29.9 Å². The number of hydrazone groups is 1. The molecule has 194 valence electrons. The summed E-state index contributed by atoms with van der Waals surface area (Å²) in [5.74, 6) is 1.84. The fourth-order valence-electron chi connectivity index (χ4n) is 3.56. The second-order valence-corrected chi connectivity index (χ2v) is 8.00. The Labute approximate surface area is 222 Å². The lowest BCUT2D eigenvalue weighted by Gasteiger charge is -2.10. The topological polar surface area (TPSA) is 153 Å². The molecule has 5 aromatic rings. The third kappa shape index (κ3) is 6.32. The van der Waals surface area contributed by atoms with Gasteiger partial charge in [-0.3, -0.25) is 10.1 Å². The summed E-state index contributed by atoms with van der Waals surface area (Å²) >= 11 is 0. The monoisotopic (exact) mass is 522 g/mol. The Hall–Kier alpha value is -5.78. The van der Waals surface area contributed by atoms with Crippen molar-refractivity contribution in [1.82, 2.24) is 15.0 Å². The van der Waals surface area contributed by atoms with Gasteiger partial charge < -0.3 is 19.8 Å². The molecule has 39 heavy (non-hydrogen) atoms. The van der Waals surface area contributed by atoms with Gasteiger partial charge in [0.25, 0.3) is 5.69 Å². The van der Waals surface area contributed by atoms with Gasteiger partial charge in [0.1, 0.15) is 17.3 Å². The summed E-state index contributed by atoms with van der Waals surface area (Å²) < 4.78 is 10.9. The molecule has 0 aliphatic heterocycles. The number of benzene rings is 3. The minimum Gasteiger partial charge on any atom is -0.497 e. The van der Waals surface area contributed by atoms with Crippen LogP contribution in [0.2, 0.25) is 0 Å². The number of methoxy groups -OCH3 is 1. The molecule has 12 heteroatoms. The van der Waals surface area contributed by atoms with E-state index in [1.165, 1.54) is 19.4 Å². The average molecular weight is 523 g/mol. The quantitative estimate of drug-likeness (QED) is 0.113. The molecule has 3 aromatic carbocycles. The fraction of sp³-hybridized carbons (Fsp3) is 0.0370. The molecule has 0 amide bonds. The number of nitro groups is 1. The molecule has 0 saturated heterocycles. The maximum absolute atomic E-state index is 11.5. The molecule has 0 unspecified atom stereocenters. The van der Waals surface area contributed by atoms with E-state index in [0.29, 0.717) is 34.7 Å². The number of ether oxygens (including phenoxy) is 1. The highest BCUT2D eigenvalue weighted by molar-refractivity contribution is 5.79. The summed E-state index contributed by atoms with van der Waals surface area (Å²) in [6.07, 6.45) is 1.41. The second kappa shape index (κ2) is 11.5. The predicted molar refractivity (Wildman–Crippen MR) is 148 cm³/mol. The number of furan rings is 1. The van der Waals surface area contributed by atoms with Gasteiger partial charge in [-0.1, -0.05) is 36.4 Å². The van der Waals surface area contributed by atoms with Crippen LogP contribution in [0.5, 0.6) is 5.75 Å². The van der Waals surface area contributed by atoms with Crippen LogP contribution >= 0.6 is 0 Å². The molecule has 2 heterocycles. The fourth-order valence-corrected chi connectivity index (χ4v) is 3.56. The number of hydrogen-bond acceptors (Lipinski definition) is 11. The highest BCUT2D eigenvalue weighted by Gasteiger charge is 2.19. The van der Waals surface area contributed by atoms with Gasteiger partial charge in [-0.2, -0.15) is 20.1 Å². The van der Waals surface area contributed by atoms with Gasteiger partial charge in [-0.15, -0.1) is 0 Å². The van der Waals surface area contributed by atoms with E-state index < -0.39 is 4.92 Å². The molecule has 3 N–H and O–H groups in total. The maximum Gasteiger partial charge on any atom is 0.284 e. The van der Waals surface area contributed by atoms with Crippen molar-refractivity contribution in [1.29, 1.82) is 0 Å². The second-order valence-electron chi connectivity index (χ2n) is 8.00. The largest absolute Gasteiger partial charge is 0.497 e. The van der Waals surface area contributed by atoms with Gasteiger partial charge in [0, 0.05) is 11.4 Å². The molecule has 0 spiro atoms. The normalized spacial score (nSPS) is 10.8. The van der Waals surface area contributed by atoms with Crippen LogP contribution in [0.3, 0.4) is 0 Å². The molecule has 0 bridgehead atoms. The van der Waals surface area contributed by atoms with E-state index >= 15 is 0 Å². The first-order valence-electron chi connectivity index (χ1n) is 11.7. The standard InChI is InChI=1S/C27H22N8O4/c1-38-20-12-14-22(23(16-20)35(36)37)24-15-13-21(39-24)17-28-34-27-32-25(29-18-8-4-2-5-9-18)31-26(33-27)30-19-10-6-3-7-11-19/h2-17H,1H3,(H3,29,30,31,32,33,34)/b28-17-. The zero-order valence-corrected chi connectivity index (χ0v) is 20.6. The molecular weight excluding hydrogens is 500 g/mol. The minimum atomic E-state index is -0.488. The highest BCUT2D eigenvalue weighted by Crippen LogP contribution is 2.34. The molecule has 0 fully saturated rings. The van der Waals surface area contributed by atoms with E-state index in [9.17, 15) is 10.1 Å². The Morgan fingerprint density at radius 3 is 2.05 bits per heavy atom. The van der Waals surface area contributed by atoms with Gasteiger partial charge in [0.2, 0.25) is 17.8 Å². The first-order valence-corrected chi connectivity index (χ1v) is 11.7. The van der Waals surface area contributed by atoms with E-state index in [1.807, 2.05) is 60.7 Å². The van der Waals surface area contributed by atoms with Crippen molar-refractivity contribution in [3.8, 4) is 17.1 Å². The highest BCUT2D eigenvalue weighted by atomic mass is 16.6. The van der Waals surface area contributed by atoms with Crippen LogP contribution in [0, 0.1) is 10.1 Å². The summed E-state index contributed by atoms with van der Waals surface area (Å²) in [6.45, 7) is 0. The lowest BCUT2D eigenvalue weighted by atomic mass is 10.1. The molecule has 0 aliphatic rings. The van der Waals surface area contributed by atoms with Crippen molar-refractivity contribution in [3.63, 3.8) is 0 Å². The van der Waals surface area contributed by atoms with Gasteiger partial charge >= 0.3 is 0 Å². The summed E-state index contributed by atoms with van der Waals surface area (Å²) in [5, 5.41) is 22.0. The third-order valence-electron chi connectivity index (χ3n) is 5.35. The first-order chi connectivity index (χ1) is 19.1. The van der Waals surface area contributed by atoms with Crippen LogP contribution in [0.25, 0.3) is 11.3 Å². The van der Waals surface area contributed by atoms with Crippen LogP contribution in [-0.2, 0) is 0 Å². The van der Waals surface area contributed by atoms with E-state index in [4.69, 9.17) is 9.15 Å². The smallest absolute Gasteiger partial charge is 0.284 e. The van der Waals surface area contributed by atoms with Gasteiger partial charge in [-0.25, -0.2) is 5.43 Å². The van der Waals surface area contributed by atoms with Crippen molar-refractivity contribution in [2.45, 2.75) is 0 Å². The Bertz CT molecular complexity index is 1550. The van der Waals surface area contributed by atoms with Crippen LogP contribution in [-0.4, -0.2) is 33.2 Å². The van der Waals surface area contributed by atoms with Crippen LogP contribution < -0.4 is 20.8 Å². The Morgan fingerprint density at radius 1 is 0.846 bits per heavy atom. The number of aromatic nitrogens is 3. The number of para-hydroxylation sites is 2. The van der Waals surface area contributed by atoms with Crippen molar-refractivity contribution in [2.24, 2.45) is 5.10 Å². The minimum absolute atomic E-state index is 0.132. The lowest BCUT2D eigenvalue weighted by Crippen LogP contribution is -2.07. The Kier molecular flexibility index (Phi) is 7.35. The number of nitrogens with zero attached hydrogens (tertiary/aromatic N) is 5. The number of anilines is 5. The summed E-state index contributed by atoms with van der Waals surface area (Å²) in [4.78, 5) is 24.3. The molecule has 5 rings (SSSR count). The number of nitro benzene ring substituents is 1. The Morgan fingerprint density at radius 2 is 1.46 bits per heavy atom. The zero-order valence-electron chi connectivity index (χ0n) is 20.6. The van der Waals surface area contributed by atoms with E-state index in [-0.39, 0.29) is 11.6 Å². The Balaban J connectivity index is 1.35. The predicted octanol–water partition coefficient (Wildman–Crippen LogP) is 5.98. The summed E-state index contributed by atoms with van der Waals surface area (Å²) in [6, 6.07) is 26.8. The third-order valence-corrected chi connectivity index (χ3v) is 5.35. The number of nitrogens with one attached hydrogen (secondary N) is 3. The lowest BCUT2D eigenvalue weighted by molar-refractivity contribution is -0.384. The molecule has 12 nitrogen and oxygen atoms in total. The first kappa shape index (κ1) is 24.9. The molecule has 0 radical (unpaired) electrons. The van der Waals surface area contributed by atoms with Gasteiger partial charge in [-0.05, 0) is 48.5 Å². The molecule has 2 aromatic heterocycles. The van der Waals surface area contributed by atoms with Crippen molar-refractivity contribution >= 4 is 41.1 Å². The zero-order chi connectivity index (χ0) is 27.0. The average Bonchev–Trinajstić information content (AvgIpc) is 3.42. The number of hydrogen-bond donors (Lipinski definition) is 3. The summed E-state index contributed by atoms with van der Waals surface area (Å²) in [7, 11) is 1.45. The van der Waals surface area contributed by atoms with Crippen LogP contribution in [0.1, 0.15) is 5.76 Å². The summed E-state index contributed by atoms with van der Waals surface area (Å²) in [5.41, 5.74) is 4.58. The van der Waals surface area contributed by atoms with Crippen molar-refractivity contribution < 1.29 is 14.1 Å². The van der Waals surface area contributed by atoms with Crippen molar-refractivity contribution in [2.75, 3.05) is 23.2 Å². The molecule has 0 saturated carbocycles. The molecular formula is C27H22N8O4. The SMILES string of the molecule is COc1ccc(-c2ccc(/C=N\Nc3nc(Nc4ccccc4)nc(Nc4ccccc4)n3)o2)c([N+](=O)[O-])c1. The van der Waals surface area contributed by atoms with Crippen LogP contribution in [0.4, 0.5) is 34.9 Å². The number of rotatable bonds is 10. The maximum atomic E-state index is 11.5. The van der Waals surface area contributed by atoms with E-state index in [0.717, 1.165) is 11.4 Å².